The van der Waals surface area contributed by atoms with E-state index in [1.807, 2.05) is 52.0 Å². The van der Waals surface area contributed by atoms with Crippen molar-refractivity contribution < 1.29 is 14.3 Å². The van der Waals surface area contributed by atoms with Crippen LogP contribution in [0.3, 0.4) is 0 Å². The molecule has 0 bridgehead atoms. The summed E-state index contributed by atoms with van der Waals surface area (Å²) in [7, 11) is 1.72. The molecule has 4 N–H and O–H groups in total. The number of nitrogens with two attached hydrogens (primary N) is 1. The molecule has 1 aromatic carbocycles. The molecule has 1 aromatic rings. The fourth-order valence-electron chi connectivity index (χ4n) is 4.21. The summed E-state index contributed by atoms with van der Waals surface area (Å²) in [6.07, 6.45) is 5.44. The molecule has 0 saturated heterocycles. The zero-order chi connectivity index (χ0) is 23.5. The van der Waals surface area contributed by atoms with Crippen LogP contribution in [0.5, 0.6) is 0 Å². The minimum absolute atomic E-state index is 0.151. The maximum Gasteiger partial charge on any atom is 0.408 e. The number of ether oxygens (including phenoxy) is 1. The molecule has 2 aliphatic rings. The van der Waals surface area contributed by atoms with E-state index < -0.39 is 17.7 Å². The van der Waals surface area contributed by atoms with Gasteiger partial charge in [-0.2, -0.15) is 0 Å². The fraction of sp³-hybridized carbons (Fsp3) is 0.560. The van der Waals surface area contributed by atoms with Gasteiger partial charge in [-0.3, -0.25) is 9.79 Å². The summed E-state index contributed by atoms with van der Waals surface area (Å²) in [5, 5.41) is 5.88. The van der Waals surface area contributed by atoms with Crippen LogP contribution in [0.2, 0.25) is 0 Å². The van der Waals surface area contributed by atoms with Crippen molar-refractivity contribution in [3.8, 4) is 0 Å². The third kappa shape index (κ3) is 6.34. The summed E-state index contributed by atoms with van der Waals surface area (Å²) in [5.74, 6) is 0.933. The second kappa shape index (κ2) is 9.76. The van der Waals surface area contributed by atoms with E-state index in [0.717, 1.165) is 42.5 Å². The number of carbonyl (C=O) groups is 2. The standard InChI is InChI=1S/C25H36N4O3/c1-15(14-26)21(27-5)18-10-12-19(13-11-18)28-23(30)22(29-24(31)32-25(2,3)4)20(16-6-7-16)17-8-9-17/h10-14,16-17,20,22H,6-9,26H2,1-5H3,(H,28,30)(H,29,31)/t22-/m0/s1. The number of nitrogens with zero attached hydrogens (tertiary/aromatic N) is 1. The Bertz CT molecular complexity index is 879. The lowest BCUT2D eigenvalue weighted by Crippen LogP contribution is -2.51. The first-order valence-corrected chi connectivity index (χ1v) is 11.4. The molecule has 3 rings (SSSR count). The molecule has 2 amide bonds. The van der Waals surface area contributed by atoms with Gasteiger partial charge < -0.3 is 21.1 Å². The molecule has 1 atom stereocenters. The molecular weight excluding hydrogens is 404 g/mol. The molecule has 7 nitrogen and oxygen atoms in total. The number of amides is 2. The van der Waals surface area contributed by atoms with Gasteiger partial charge in [0.2, 0.25) is 5.91 Å². The van der Waals surface area contributed by atoms with E-state index in [9.17, 15) is 9.59 Å². The Labute approximate surface area is 190 Å². The van der Waals surface area contributed by atoms with Crippen LogP contribution in [0.1, 0.15) is 58.9 Å². The summed E-state index contributed by atoms with van der Waals surface area (Å²) in [6.45, 7) is 7.36. The highest BCUT2D eigenvalue weighted by atomic mass is 16.6. The molecule has 2 saturated carbocycles. The van der Waals surface area contributed by atoms with Gasteiger partial charge in [-0.25, -0.2) is 4.79 Å². The zero-order valence-corrected chi connectivity index (χ0v) is 19.8. The zero-order valence-electron chi connectivity index (χ0n) is 19.8. The number of aliphatic imine (C=N–C) groups is 1. The molecule has 0 heterocycles. The largest absolute Gasteiger partial charge is 0.444 e. The van der Waals surface area contributed by atoms with Crippen LogP contribution >= 0.6 is 0 Å². The number of allylic oxidation sites excluding steroid dienone is 1. The maximum absolute atomic E-state index is 13.3. The Morgan fingerprint density at radius 1 is 1.12 bits per heavy atom. The number of anilines is 1. The van der Waals surface area contributed by atoms with Crippen LogP contribution in [0.4, 0.5) is 10.5 Å². The monoisotopic (exact) mass is 440 g/mol. The van der Waals surface area contributed by atoms with Gasteiger partial charge in [0.25, 0.3) is 0 Å². The smallest absolute Gasteiger partial charge is 0.408 e. The van der Waals surface area contributed by atoms with Crippen molar-refractivity contribution in [1.29, 1.82) is 0 Å². The third-order valence-electron chi connectivity index (χ3n) is 5.95. The first kappa shape index (κ1) is 23.8. The Hall–Kier alpha value is -2.83. The van der Waals surface area contributed by atoms with Crippen molar-refractivity contribution in [2.24, 2.45) is 28.5 Å². The van der Waals surface area contributed by atoms with Crippen molar-refractivity contribution in [1.82, 2.24) is 5.32 Å². The van der Waals surface area contributed by atoms with Crippen LogP contribution in [0.15, 0.2) is 41.0 Å². The maximum atomic E-state index is 13.3. The summed E-state index contributed by atoms with van der Waals surface area (Å²) in [5.41, 5.74) is 8.28. The lowest BCUT2D eigenvalue weighted by Gasteiger charge is -2.29. The molecule has 0 spiro atoms. The van der Waals surface area contributed by atoms with Gasteiger partial charge in [-0.05, 0) is 95.0 Å². The van der Waals surface area contributed by atoms with Crippen LogP contribution in [-0.2, 0) is 9.53 Å². The number of benzene rings is 1. The summed E-state index contributed by atoms with van der Waals surface area (Å²) in [4.78, 5) is 30.1. The van der Waals surface area contributed by atoms with E-state index in [1.54, 1.807) is 7.05 Å². The predicted molar refractivity (Wildman–Crippen MR) is 128 cm³/mol. The average Bonchev–Trinajstić information content (AvgIpc) is 3.62. The van der Waals surface area contributed by atoms with E-state index in [0.29, 0.717) is 17.5 Å². The molecule has 0 unspecified atom stereocenters. The summed E-state index contributed by atoms with van der Waals surface area (Å²) in [6, 6.07) is 6.88. The Kier molecular flexibility index (Phi) is 7.26. The lowest BCUT2D eigenvalue weighted by molar-refractivity contribution is -0.120. The summed E-state index contributed by atoms with van der Waals surface area (Å²) < 4.78 is 5.45. The van der Waals surface area contributed by atoms with Gasteiger partial charge in [0.15, 0.2) is 0 Å². The second-order valence-corrected chi connectivity index (χ2v) is 9.86. The number of rotatable bonds is 8. The van der Waals surface area contributed by atoms with E-state index >= 15 is 0 Å². The fourth-order valence-corrected chi connectivity index (χ4v) is 4.21. The van der Waals surface area contributed by atoms with Gasteiger partial charge in [0.1, 0.15) is 11.6 Å². The van der Waals surface area contributed by atoms with Crippen LogP contribution in [-0.4, -0.2) is 36.4 Å². The SMILES string of the molecule is CN=C(C(C)=CN)c1ccc(NC(=O)[C@@H](NC(=O)OC(C)(C)C)C(C2CC2)C2CC2)cc1. The lowest BCUT2D eigenvalue weighted by atomic mass is 9.88. The number of nitrogens with one attached hydrogen (secondary N) is 2. The summed E-state index contributed by atoms with van der Waals surface area (Å²) >= 11 is 0. The van der Waals surface area contributed by atoms with Crippen molar-refractivity contribution in [3.05, 3.63) is 41.6 Å². The molecule has 32 heavy (non-hydrogen) atoms. The van der Waals surface area contributed by atoms with Crippen LogP contribution in [0, 0.1) is 17.8 Å². The molecule has 174 valence electrons. The molecular formula is C25H36N4O3. The van der Waals surface area contributed by atoms with Gasteiger partial charge in [0, 0.05) is 18.3 Å². The Morgan fingerprint density at radius 3 is 2.12 bits per heavy atom. The third-order valence-corrected chi connectivity index (χ3v) is 5.95. The molecule has 7 heteroatoms. The molecule has 2 fully saturated rings. The Balaban J connectivity index is 1.75. The van der Waals surface area contributed by atoms with E-state index in [2.05, 4.69) is 15.6 Å². The first-order chi connectivity index (χ1) is 15.1. The highest BCUT2D eigenvalue weighted by Crippen LogP contribution is 2.50. The number of hydrogen-bond donors (Lipinski definition) is 3. The van der Waals surface area contributed by atoms with Gasteiger partial charge in [-0.1, -0.05) is 12.1 Å². The topological polar surface area (TPSA) is 106 Å². The Morgan fingerprint density at radius 2 is 1.69 bits per heavy atom. The number of alkyl carbamates (subject to hydrolysis) is 1. The minimum atomic E-state index is -0.621. The highest BCUT2D eigenvalue weighted by Gasteiger charge is 2.48. The molecule has 0 aromatic heterocycles. The van der Waals surface area contributed by atoms with Crippen LogP contribution in [0.25, 0.3) is 0 Å². The number of carbonyl (C=O) groups excluding carboxylic acids is 2. The van der Waals surface area contributed by atoms with Gasteiger partial charge in [-0.15, -0.1) is 0 Å². The molecule has 0 radical (unpaired) electrons. The van der Waals surface area contributed by atoms with Crippen molar-refractivity contribution in [3.63, 3.8) is 0 Å². The predicted octanol–water partition coefficient (Wildman–Crippen LogP) is 4.24. The van der Waals surface area contributed by atoms with Gasteiger partial charge in [0.05, 0.1) is 5.71 Å². The minimum Gasteiger partial charge on any atom is -0.444 e. The normalized spacial score (nSPS) is 18.3. The molecule has 0 aliphatic heterocycles. The van der Waals surface area contributed by atoms with Crippen molar-refractivity contribution in [2.45, 2.75) is 65.0 Å². The van der Waals surface area contributed by atoms with E-state index in [4.69, 9.17) is 10.5 Å². The second-order valence-electron chi connectivity index (χ2n) is 9.86. The highest BCUT2D eigenvalue weighted by molar-refractivity contribution is 6.12. The van der Waals surface area contributed by atoms with E-state index in [1.165, 1.54) is 6.20 Å². The molecule has 2 aliphatic carbocycles. The van der Waals surface area contributed by atoms with Crippen molar-refractivity contribution in [2.75, 3.05) is 12.4 Å². The van der Waals surface area contributed by atoms with E-state index in [-0.39, 0.29) is 11.8 Å². The average molecular weight is 441 g/mol. The quantitative estimate of drug-likeness (QED) is 0.526. The van der Waals surface area contributed by atoms with Crippen molar-refractivity contribution >= 4 is 23.4 Å². The first-order valence-electron chi connectivity index (χ1n) is 11.4. The van der Waals surface area contributed by atoms with Crippen LogP contribution < -0.4 is 16.4 Å². The van der Waals surface area contributed by atoms with Gasteiger partial charge >= 0.3 is 6.09 Å². The number of hydrogen-bond acceptors (Lipinski definition) is 5.